The van der Waals surface area contributed by atoms with Crippen LogP contribution in [0.5, 0.6) is 0 Å². The summed E-state index contributed by atoms with van der Waals surface area (Å²) in [4.78, 5) is 4.84. The first-order valence-electron chi connectivity index (χ1n) is 6.49. The molecule has 3 aromatic rings. The van der Waals surface area contributed by atoms with E-state index in [0.717, 1.165) is 41.9 Å². The fraction of sp³-hybridized carbons (Fsp3) is 0.308. The minimum absolute atomic E-state index is 0.388. The van der Waals surface area contributed by atoms with E-state index in [9.17, 15) is 0 Å². The second-order valence-corrected chi connectivity index (χ2v) is 4.85. The Balaban J connectivity index is 1.76. The number of hydrogen-bond acceptors (Lipinski definition) is 4. The van der Waals surface area contributed by atoms with E-state index in [2.05, 4.69) is 31.8 Å². The SMILES string of the molecule is c1ccc2c(-n3nnc(C4CCNC4)n3)c[nH]c2c1. The van der Waals surface area contributed by atoms with Gasteiger partial charge in [0.2, 0.25) is 0 Å². The molecule has 4 rings (SSSR count). The van der Waals surface area contributed by atoms with Gasteiger partial charge in [0.15, 0.2) is 5.82 Å². The summed E-state index contributed by atoms with van der Waals surface area (Å²) in [7, 11) is 0. The van der Waals surface area contributed by atoms with E-state index in [4.69, 9.17) is 0 Å². The van der Waals surface area contributed by atoms with Crippen molar-refractivity contribution in [3.63, 3.8) is 0 Å². The van der Waals surface area contributed by atoms with Crippen LogP contribution in [0.15, 0.2) is 30.5 Å². The lowest BCUT2D eigenvalue weighted by molar-refractivity contribution is 0.689. The number of H-pyrrole nitrogens is 1. The van der Waals surface area contributed by atoms with Gasteiger partial charge in [-0.1, -0.05) is 18.2 Å². The summed E-state index contributed by atoms with van der Waals surface area (Å²) in [5.74, 6) is 1.22. The first kappa shape index (κ1) is 10.7. The van der Waals surface area contributed by atoms with Crippen molar-refractivity contribution < 1.29 is 0 Å². The maximum Gasteiger partial charge on any atom is 0.179 e. The van der Waals surface area contributed by atoms with Gasteiger partial charge in [-0.05, 0) is 24.2 Å². The number of hydrogen-bond donors (Lipinski definition) is 2. The van der Waals surface area contributed by atoms with Crippen molar-refractivity contribution in [1.82, 2.24) is 30.5 Å². The van der Waals surface area contributed by atoms with Gasteiger partial charge < -0.3 is 10.3 Å². The molecule has 1 aliphatic rings. The van der Waals surface area contributed by atoms with E-state index in [-0.39, 0.29) is 0 Å². The number of benzene rings is 1. The Hall–Kier alpha value is -2.21. The molecule has 0 saturated carbocycles. The molecule has 1 aliphatic heterocycles. The molecule has 1 aromatic carbocycles. The molecule has 0 aliphatic carbocycles. The van der Waals surface area contributed by atoms with Crippen LogP contribution in [0.4, 0.5) is 0 Å². The van der Waals surface area contributed by atoms with Gasteiger partial charge in [-0.2, -0.15) is 0 Å². The Morgan fingerprint density at radius 1 is 1.26 bits per heavy atom. The van der Waals surface area contributed by atoms with Crippen molar-refractivity contribution in [2.24, 2.45) is 0 Å². The Morgan fingerprint density at radius 2 is 2.21 bits per heavy atom. The average molecular weight is 254 g/mol. The minimum Gasteiger partial charge on any atom is -0.359 e. The van der Waals surface area contributed by atoms with Gasteiger partial charge in [-0.15, -0.1) is 15.0 Å². The molecule has 0 amide bonds. The van der Waals surface area contributed by atoms with E-state index in [1.54, 1.807) is 4.80 Å². The van der Waals surface area contributed by atoms with Gasteiger partial charge >= 0.3 is 0 Å². The van der Waals surface area contributed by atoms with Crippen molar-refractivity contribution in [2.75, 3.05) is 13.1 Å². The fourth-order valence-corrected chi connectivity index (χ4v) is 2.59. The highest BCUT2D eigenvalue weighted by atomic mass is 15.6. The van der Waals surface area contributed by atoms with Crippen molar-refractivity contribution in [3.8, 4) is 5.69 Å². The number of para-hydroxylation sites is 1. The van der Waals surface area contributed by atoms with E-state index < -0.39 is 0 Å². The molecule has 2 N–H and O–H groups in total. The van der Waals surface area contributed by atoms with E-state index in [1.807, 2.05) is 24.4 Å². The zero-order chi connectivity index (χ0) is 12.7. The normalized spacial score (nSPS) is 19.3. The summed E-state index contributed by atoms with van der Waals surface area (Å²) >= 11 is 0. The molecule has 1 fully saturated rings. The first-order valence-corrected chi connectivity index (χ1v) is 6.49. The summed E-state index contributed by atoms with van der Waals surface area (Å²) in [6.07, 6.45) is 3.00. The third kappa shape index (κ3) is 1.72. The van der Waals surface area contributed by atoms with E-state index >= 15 is 0 Å². The van der Waals surface area contributed by atoms with Crippen molar-refractivity contribution in [2.45, 2.75) is 12.3 Å². The topological polar surface area (TPSA) is 71.4 Å². The number of nitrogens with zero attached hydrogens (tertiary/aromatic N) is 4. The highest BCUT2D eigenvalue weighted by Crippen LogP contribution is 2.22. The zero-order valence-electron chi connectivity index (χ0n) is 10.4. The maximum absolute atomic E-state index is 4.52. The van der Waals surface area contributed by atoms with Crippen LogP contribution in [-0.2, 0) is 0 Å². The average Bonchev–Trinajstić information content (AvgIpc) is 3.18. The van der Waals surface area contributed by atoms with Crippen LogP contribution < -0.4 is 5.32 Å². The molecule has 6 heteroatoms. The molecule has 3 heterocycles. The number of rotatable bonds is 2. The van der Waals surface area contributed by atoms with Crippen molar-refractivity contribution in [3.05, 3.63) is 36.3 Å². The molecule has 0 spiro atoms. The minimum atomic E-state index is 0.388. The molecule has 1 atom stereocenters. The molecular weight excluding hydrogens is 240 g/mol. The van der Waals surface area contributed by atoms with Gasteiger partial charge in [0.05, 0.1) is 0 Å². The smallest absolute Gasteiger partial charge is 0.179 e. The number of aromatic nitrogens is 5. The highest BCUT2D eigenvalue weighted by Gasteiger charge is 2.21. The number of nitrogens with one attached hydrogen (secondary N) is 2. The predicted octanol–water partition coefficient (Wildman–Crippen LogP) is 1.22. The van der Waals surface area contributed by atoms with Gasteiger partial charge in [0.25, 0.3) is 0 Å². The molecule has 19 heavy (non-hydrogen) atoms. The quantitative estimate of drug-likeness (QED) is 0.721. The van der Waals surface area contributed by atoms with Crippen LogP contribution in [0.3, 0.4) is 0 Å². The summed E-state index contributed by atoms with van der Waals surface area (Å²) < 4.78 is 0. The molecule has 96 valence electrons. The van der Waals surface area contributed by atoms with Crippen LogP contribution in [0, 0.1) is 0 Å². The predicted molar refractivity (Wildman–Crippen MR) is 71.2 cm³/mol. The zero-order valence-corrected chi connectivity index (χ0v) is 10.4. The van der Waals surface area contributed by atoms with Gasteiger partial charge in [-0.25, -0.2) is 0 Å². The lowest BCUT2D eigenvalue weighted by Crippen LogP contribution is -2.09. The summed E-state index contributed by atoms with van der Waals surface area (Å²) in [6.45, 7) is 1.98. The lowest BCUT2D eigenvalue weighted by atomic mass is 10.1. The standard InChI is InChI=1S/C13H14N6/c1-2-4-11-10(3-1)12(8-15-11)19-17-13(16-18-19)9-5-6-14-7-9/h1-4,8-9,14-15H,5-7H2. The highest BCUT2D eigenvalue weighted by molar-refractivity contribution is 5.87. The van der Waals surface area contributed by atoms with Crippen LogP contribution in [0.25, 0.3) is 16.6 Å². The largest absolute Gasteiger partial charge is 0.359 e. The summed E-state index contributed by atoms with van der Waals surface area (Å²) in [5, 5.41) is 17.3. The summed E-state index contributed by atoms with van der Waals surface area (Å²) in [6, 6.07) is 8.12. The Morgan fingerprint density at radius 3 is 3.11 bits per heavy atom. The van der Waals surface area contributed by atoms with Crippen molar-refractivity contribution in [1.29, 1.82) is 0 Å². The molecule has 1 unspecified atom stereocenters. The van der Waals surface area contributed by atoms with Crippen LogP contribution in [0.1, 0.15) is 18.2 Å². The lowest BCUT2D eigenvalue weighted by Gasteiger charge is -1.99. The molecule has 0 bridgehead atoms. The van der Waals surface area contributed by atoms with Crippen LogP contribution in [-0.4, -0.2) is 38.3 Å². The number of fused-ring (bicyclic) bond motifs is 1. The van der Waals surface area contributed by atoms with Gasteiger partial charge in [0.1, 0.15) is 5.69 Å². The van der Waals surface area contributed by atoms with Crippen LogP contribution >= 0.6 is 0 Å². The third-order valence-electron chi connectivity index (χ3n) is 3.64. The Bertz CT molecular complexity index is 707. The van der Waals surface area contributed by atoms with E-state index in [0.29, 0.717) is 5.92 Å². The Labute approximate surface area is 109 Å². The van der Waals surface area contributed by atoms with Crippen molar-refractivity contribution >= 4 is 10.9 Å². The molecule has 6 nitrogen and oxygen atoms in total. The molecular formula is C13H14N6. The monoisotopic (exact) mass is 254 g/mol. The first-order chi connectivity index (χ1) is 9.42. The molecule has 2 aromatic heterocycles. The number of tetrazole rings is 1. The number of aromatic amines is 1. The Kier molecular flexibility index (Phi) is 2.34. The second kappa shape index (κ2) is 4.17. The maximum atomic E-state index is 4.52. The fourth-order valence-electron chi connectivity index (χ4n) is 2.59. The second-order valence-electron chi connectivity index (χ2n) is 4.85. The molecule has 0 radical (unpaired) electrons. The molecule has 1 saturated heterocycles. The van der Waals surface area contributed by atoms with Gasteiger partial charge in [-0.3, -0.25) is 0 Å². The third-order valence-corrected chi connectivity index (χ3v) is 3.64. The van der Waals surface area contributed by atoms with Crippen LogP contribution in [0.2, 0.25) is 0 Å². The van der Waals surface area contributed by atoms with E-state index in [1.165, 1.54) is 0 Å². The van der Waals surface area contributed by atoms with Gasteiger partial charge in [0, 0.05) is 29.6 Å². The summed E-state index contributed by atoms with van der Waals surface area (Å²) in [5.41, 5.74) is 2.03.